The van der Waals surface area contributed by atoms with Gasteiger partial charge in [-0.05, 0) is 31.0 Å². The van der Waals surface area contributed by atoms with Crippen LogP contribution in [0.15, 0.2) is 28.5 Å². The maximum absolute atomic E-state index is 12.3. The van der Waals surface area contributed by atoms with Crippen LogP contribution < -0.4 is 4.72 Å². The number of thiazole rings is 1. The minimum Gasteiger partial charge on any atom is -0.392 e. The molecule has 2 rings (SSSR count). The normalized spacial score (nSPS) is 11.8. The van der Waals surface area contributed by atoms with Gasteiger partial charge in [-0.15, -0.1) is 11.3 Å². The van der Waals surface area contributed by atoms with E-state index in [0.29, 0.717) is 16.8 Å². The third kappa shape index (κ3) is 3.24. The van der Waals surface area contributed by atoms with E-state index in [9.17, 15) is 13.5 Å². The first-order chi connectivity index (χ1) is 9.44. The summed E-state index contributed by atoms with van der Waals surface area (Å²) in [5, 5.41) is 11.9. The molecule has 0 aliphatic carbocycles. The number of nitrogens with one attached hydrogen (secondary N) is 1. The van der Waals surface area contributed by atoms with Crippen LogP contribution in [0.4, 0.5) is 0 Å². The smallest absolute Gasteiger partial charge is 0.241 e. The molecular formula is C13H16N2O3S2. The molecule has 1 heterocycles. The predicted octanol–water partition coefficient (Wildman–Crippen LogP) is 1.73. The zero-order valence-corrected chi connectivity index (χ0v) is 12.9. The highest BCUT2D eigenvalue weighted by Gasteiger charge is 2.18. The second kappa shape index (κ2) is 6.01. The van der Waals surface area contributed by atoms with Gasteiger partial charge in [0.2, 0.25) is 10.0 Å². The minimum absolute atomic E-state index is 0.162. The summed E-state index contributed by atoms with van der Waals surface area (Å²) in [6, 6.07) is 4.86. The molecule has 20 heavy (non-hydrogen) atoms. The van der Waals surface area contributed by atoms with Crippen LogP contribution in [-0.4, -0.2) is 18.5 Å². The van der Waals surface area contributed by atoms with Crippen molar-refractivity contribution in [3.05, 3.63) is 45.4 Å². The van der Waals surface area contributed by atoms with Crippen molar-refractivity contribution in [2.24, 2.45) is 0 Å². The Bertz CT molecular complexity index is 708. The van der Waals surface area contributed by atoms with Gasteiger partial charge in [-0.3, -0.25) is 0 Å². The number of aliphatic hydroxyl groups is 1. The molecule has 1 aromatic heterocycles. The summed E-state index contributed by atoms with van der Waals surface area (Å²) in [5.74, 6) is 0. The van der Waals surface area contributed by atoms with Gasteiger partial charge in [0.25, 0.3) is 0 Å². The third-order valence-electron chi connectivity index (χ3n) is 2.97. The van der Waals surface area contributed by atoms with Crippen molar-refractivity contribution in [3.63, 3.8) is 0 Å². The summed E-state index contributed by atoms with van der Waals surface area (Å²) >= 11 is 1.48. The van der Waals surface area contributed by atoms with Crippen molar-refractivity contribution in [1.29, 1.82) is 0 Å². The van der Waals surface area contributed by atoms with Crippen LogP contribution in [0.25, 0.3) is 0 Å². The first kappa shape index (κ1) is 15.1. The van der Waals surface area contributed by atoms with E-state index >= 15 is 0 Å². The highest BCUT2D eigenvalue weighted by Crippen LogP contribution is 2.19. The number of sulfonamides is 1. The zero-order valence-electron chi connectivity index (χ0n) is 11.3. The molecule has 0 unspecified atom stereocenters. The SMILES string of the molecule is Cc1nc(CNS(=O)(=O)c2cccc(CO)c2C)cs1. The number of benzene rings is 1. The molecule has 1 aromatic carbocycles. The number of rotatable bonds is 5. The lowest BCUT2D eigenvalue weighted by Crippen LogP contribution is -2.24. The van der Waals surface area contributed by atoms with Crippen LogP contribution >= 0.6 is 11.3 Å². The second-order valence-corrected chi connectivity index (χ2v) is 7.18. The maximum Gasteiger partial charge on any atom is 0.241 e. The minimum atomic E-state index is -3.61. The van der Waals surface area contributed by atoms with Crippen LogP contribution in [0.2, 0.25) is 0 Å². The Morgan fingerprint density at radius 3 is 2.70 bits per heavy atom. The van der Waals surface area contributed by atoms with Crippen LogP contribution in [0.1, 0.15) is 21.8 Å². The average Bonchev–Trinajstić information content (AvgIpc) is 2.82. The first-order valence-electron chi connectivity index (χ1n) is 6.04. The van der Waals surface area contributed by atoms with Gasteiger partial charge in [0.05, 0.1) is 28.7 Å². The summed E-state index contributed by atoms with van der Waals surface area (Å²) in [6.45, 7) is 3.54. The van der Waals surface area contributed by atoms with E-state index in [0.717, 1.165) is 5.01 Å². The molecule has 0 bridgehead atoms. The van der Waals surface area contributed by atoms with Crippen LogP contribution in [0, 0.1) is 13.8 Å². The second-order valence-electron chi connectivity index (χ2n) is 4.38. The van der Waals surface area contributed by atoms with Crippen molar-refractivity contribution in [3.8, 4) is 0 Å². The third-order valence-corrected chi connectivity index (χ3v) is 5.33. The maximum atomic E-state index is 12.3. The number of aromatic nitrogens is 1. The topological polar surface area (TPSA) is 79.3 Å². The van der Waals surface area contributed by atoms with E-state index in [1.807, 2.05) is 12.3 Å². The van der Waals surface area contributed by atoms with Gasteiger partial charge in [-0.2, -0.15) is 0 Å². The number of aliphatic hydroxyl groups excluding tert-OH is 1. The van der Waals surface area contributed by atoms with Gasteiger partial charge in [0.15, 0.2) is 0 Å². The molecule has 0 aliphatic rings. The van der Waals surface area contributed by atoms with E-state index in [1.165, 1.54) is 17.4 Å². The molecule has 0 fully saturated rings. The van der Waals surface area contributed by atoms with Gasteiger partial charge in [-0.1, -0.05) is 12.1 Å². The van der Waals surface area contributed by atoms with E-state index in [-0.39, 0.29) is 18.0 Å². The molecule has 0 aliphatic heterocycles. The first-order valence-corrected chi connectivity index (χ1v) is 8.40. The molecule has 0 atom stereocenters. The molecule has 0 radical (unpaired) electrons. The van der Waals surface area contributed by atoms with Crippen molar-refractivity contribution in [2.75, 3.05) is 0 Å². The fourth-order valence-corrected chi connectivity index (χ4v) is 3.76. The molecule has 5 nitrogen and oxygen atoms in total. The number of hydrogen-bond donors (Lipinski definition) is 2. The highest BCUT2D eigenvalue weighted by atomic mass is 32.2. The molecule has 2 aromatic rings. The molecule has 0 amide bonds. The van der Waals surface area contributed by atoms with Crippen LogP contribution in [0.5, 0.6) is 0 Å². The Morgan fingerprint density at radius 1 is 1.35 bits per heavy atom. The van der Waals surface area contributed by atoms with Crippen molar-refractivity contribution in [2.45, 2.75) is 31.9 Å². The standard InChI is InChI=1S/C13H16N2O3S2/c1-9-11(7-16)4-3-5-13(9)20(17,18)14-6-12-8-19-10(2)15-12/h3-5,8,14,16H,6-7H2,1-2H3. The predicted molar refractivity (Wildman–Crippen MR) is 78.0 cm³/mol. The van der Waals surface area contributed by atoms with Crippen LogP contribution in [-0.2, 0) is 23.2 Å². The lowest BCUT2D eigenvalue weighted by molar-refractivity contribution is 0.280. The molecule has 0 spiro atoms. The average molecular weight is 312 g/mol. The van der Waals surface area contributed by atoms with E-state index in [2.05, 4.69) is 9.71 Å². The molecule has 7 heteroatoms. The van der Waals surface area contributed by atoms with Gasteiger partial charge in [0, 0.05) is 5.38 Å². The van der Waals surface area contributed by atoms with Crippen molar-refractivity contribution >= 4 is 21.4 Å². The Balaban J connectivity index is 2.22. The van der Waals surface area contributed by atoms with Crippen molar-refractivity contribution in [1.82, 2.24) is 9.71 Å². The van der Waals surface area contributed by atoms with Gasteiger partial charge < -0.3 is 5.11 Å². The summed E-state index contributed by atoms with van der Waals surface area (Å²) in [4.78, 5) is 4.41. The molecular weight excluding hydrogens is 296 g/mol. The summed E-state index contributed by atoms with van der Waals surface area (Å²) in [6.07, 6.45) is 0. The van der Waals surface area contributed by atoms with Gasteiger partial charge >= 0.3 is 0 Å². The fourth-order valence-electron chi connectivity index (χ4n) is 1.86. The Kier molecular flexibility index (Phi) is 4.54. The Morgan fingerprint density at radius 2 is 2.10 bits per heavy atom. The van der Waals surface area contributed by atoms with Crippen LogP contribution in [0.3, 0.4) is 0 Å². The van der Waals surface area contributed by atoms with E-state index in [4.69, 9.17) is 0 Å². The summed E-state index contributed by atoms with van der Waals surface area (Å²) in [5.41, 5.74) is 1.88. The number of nitrogens with zero attached hydrogens (tertiary/aromatic N) is 1. The summed E-state index contributed by atoms with van der Waals surface area (Å²) < 4.78 is 27.1. The molecule has 0 saturated carbocycles. The lowest BCUT2D eigenvalue weighted by Gasteiger charge is -2.11. The van der Waals surface area contributed by atoms with E-state index in [1.54, 1.807) is 19.1 Å². The van der Waals surface area contributed by atoms with Gasteiger partial charge in [-0.25, -0.2) is 18.1 Å². The Hall–Kier alpha value is -1.28. The fraction of sp³-hybridized carbons (Fsp3) is 0.308. The van der Waals surface area contributed by atoms with Crippen molar-refractivity contribution < 1.29 is 13.5 Å². The number of aryl methyl sites for hydroxylation is 1. The number of hydrogen-bond acceptors (Lipinski definition) is 5. The monoisotopic (exact) mass is 312 g/mol. The quantitative estimate of drug-likeness (QED) is 0.881. The van der Waals surface area contributed by atoms with E-state index < -0.39 is 10.0 Å². The van der Waals surface area contributed by atoms with Gasteiger partial charge in [0.1, 0.15) is 0 Å². The highest BCUT2D eigenvalue weighted by molar-refractivity contribution is 7.89. The molecule has 0 saturated heterocycles. The molecule has 108 valence electrons. The largest absolute Gasteiger partial charge is 0.392 e. The molecule has 2 N–H and O–H groups in total. The summed E-state index contributed by atoms with van der Waals surface area (Å²) in [7, 11) is -3.61. The Labute approximate surface area is 122 Å². The lowest BCUT2D eigenvalue weighted by atomic mass is 10.1. The zero-order chi connectivity index (χ0) is 14.8.